The number of ether oxygens (including phenoxy) is 1. The molecule has 0 heterocycles. The quantitative estimate of drug-likeness (QED) is 0.157. The van der Waals surface area contributed by atoms with Crippen molar-refractivity contribution in [2.45, 2.75) is 0 Å². The number of benzene rings is 4. The Morgan fingerprint density at radius 1 is 0.829 bits per heavy atom. The first-order chi connectivity index (χ1) is 17.0. The number of fused-ring (bicyclic) bond motifs is 1. The van der Waals surface area contributed by atoms with Gasteiger partial charge in [-0.1, -0.05) is 48.5 Å². The summed E-state index contributed by atoms with van der Waals surface area (Å²) >= 11 is 3.33. The van der Waals surface area contributed by atoms with Gasteiger partial charge in [0.15, 0.2) is 0 Å². The van der Waals surface area contributed by atoms with Gasteiger partial charge in [0, 0.05) is 10.0 Å². The van der Waals surface area contributed by atoms with Crippen LogP contribution in [-0.4, -0.2) is 30.5 Å². The van der Waals surface area contributed by atoms with Crippen molar-refractivity contribution >= 4 is 50.7 Å². The predicted molar refractivity (Wildman–Crippen MR) is 138 cm³/mol. The number of halogens is 1. The van der Waals surface area contributed by atoms with E-state index in [1.54, 1.807) is 54.6 Å². The van der Waals surface area contributed by atoms with Crippen molar-refractivity contribution in [1.82, 2.24) is 10.7 Å². The molecule has 8 heteroatoms. The minimum absolute atomic E-state index is 0.219. The summed E-state index contributed by atoms with van der Waals surface area (Å²) in [6, 6.07) is 26.6. The molecule has 0 bridgehead atoms. The Hall–Kier alpha value is -4.30. The van der Waals surface area contributed by atoms with Crippen LogP contribution in [0.4, 0.5) is 0 Å². The van der Waals surface area contributed by atoms with Gasteiger partial charge in [-0.05, 0) is 74.7 Å². The van der Waals surface area contributed by atoms with E-state index in [-0.39, 0.29) is 12.5 Å². The molecule has 0 aliphatic rings. The van der Waals surface area contributed by atoms with E-state index in [0.29, 0.717) is 26.9 Å². The number of carbonyl (C=O) groups is 3. The van der Waals surface area contributed by atoms with E-state index in [9.17, 15) is 14.4 Å². The summed E-state index contributed by atoms with van der Waals surface area (Å²) in [5.74, 6) is -0.901. The standard InChI is InChI=1S/C27H20BrN3O4/c28-24-11-4-3-9-23(24)27(34)35-20-14-12-18(13-15-20)16-30-31-25(32)17-29-26(33)22-10-5-7-19-6-1-2-8-21(19)22/h1-16H,17H2,(H,29,33)(H,31,32)/b30-16-. The topological polar surface area (TPSA) is 96.9 Å². The summed E-state index contributed by atoms with van der Waals surface area (Å²) in [6.07, 6.45) is 1.45. The van der Waals surface area contributed by atoms with Crippen LogP contribution < -0.4 is 15.5 Å². The SMILES string of the molecule is O=C(CNC(=O)c1cccc2ccccc12)N/N=C\c1ccc(OC(=O)c2ccccc2Br)cc1. The number of amides is 2. The maximum Gasteiger partial charge on any atom is 0.344 e. The van der Waals surface area contributed by atoms with E-state index in [1.165, 1.54) is 6.21 Å². The summed E-state index contributed by atoms with van der Waals surface area (Å²) in [7, 11) is 0. The molecule has 4 rings (SSSR count). The smallest absolute Gasteiger partial charge is 0.344 e. The molecule has 0 aliphatic carbocycles. The molecular formula is C27H20BrN3O4. The second-order valence-electron chi connectivity index (χ2n) is 7.44. The molecule has 0 saturated heterocycles. The van der Waals surface area contributed by atoms with Crippen molar-refractivity contribution in [1.29, 1.82) is 0 Å². The Morgan fingerprint density at radius 3 is 2.31 bits per heavy atom. The number of hydrogen-bond donors (Lipinski definition) is 2. The van der Waals surface area contributed by atoms with Crippen LogP contribution in [0.15, 0.2) is 101 Å². The third-order valence-electron chi connectivity index (χ3n) is 5.03. The average Bonchev–Trinajstić information content (AvgIpc) is 2.88. The zero-order chi connectivity index (χ0) is 24.6. The lowest BCUT2D eigenvalue weighted by Crippen LogP contribution is -2.35. The van der Waals surface area contributed by atoms with E-state index in [0.717, 1.165) is 10.8 Å². The van der Waals surface area contributed by atoms with Gasteiger partial charge in [0.2, 0.25) is 0 Å². The van der Waals surface area contributed by atoms with E-state index in [4.69, 9.17) is 4.74 Å². The van der Waals surface area contributed by atoms with Gasteiger partial charge in [0.05, 0.1) is 18.3 Å². The first-order valence-corrected chi connectivity index (χ1v) is 11.5. The Kier molecular flexibility index (Phi) is 7.64. The molecule has 0 aromatic heterocycles. The number of carbonyl (C=O) groups excluding carboxylic acids is 3. The van der Waals surface area contributed by atoms with Crippen LogP contribution in [-0.2, 0) is 4.79 Å². The van der Waals surface area contributed by atoms with Gasteiger partial charge >= 0.3 is 5.97 Å². The highest BCUT2D eigenvalue weighted by molar-refractivity contribution is 9.10. The van der Waals surface area contributed by atoms with Crippen LogP contribution in [0.3, 0.4) is 0 Å². The molecule has 0 unspecified atom stereocenters. The maximum atomic E-state index is 12.5. The largest absolute Gasteiger partial charge is 0.423 e. The van der Waals surface area contributed by atoms with Gasteiger partial charge in [0.25, 0.3) is 11.8 Å². The van der Waals surface area contributed by atoms with Gasteiger partial charge < -0.3 is 10.1 Å². The molecule has 0 spiro atoms. The average molecular weight is 530 g/mol. The fraction of sp³-hybridized carbons (Fsp3) is 0.0370. The lowest BCUT2D eigenvalue weighted by molar-refractivity contribution is -0.120. The number of rotatable bonds is 7. The molecule has 7 nitrogen and oxygen atoms in total. The number of nitrogens with zero attached hydrogens (tertiary/aromatic N) is 1. The Morgan fingerprint density at radius 2 is 1.51 bits per heavy atom. The summed E-state index contributed by atoms with van der Waals surface area (Å²) in [5, 5.41) is 8.27. The maximum absolute atomic E-state index is 12.5. The molecule has 0 fully saturated rings. The highest BCUT2D eigenvalue weighted by Crippen LogP contribution is 2.20. The summed E-state index contributed by atoms with van der Waals surface area (Å²) in [4.78, 5) is 36.9. The second-order valence-corrected chi connectivity index (χ2v) is 8.30. The first-order valence-electron chi connectivity index (χ1n) is 10.7. The second kappa shape index (κ2) is 11.2. The molecule has 174 valence electrons. The Labute approximate surface area is 209 Å². The number of nitrogens with one attached hydrogen (secondary N) is 2. The monoisotopic (exact) mass is 529 g/mol. The van der Waals surface area contributed by atoms with Crippen molar-refractivity contribution in [3.63, 3.8) is 0 Å². The molecular weight excluding hydrogens is 510 g/mol. The predicted octanol–water partition coefficient (Wildman–Crippen LogP) is 4.70. The minimum Gasteiger partial charge on any atom is -0.423 e. The normalized spacial score (nSPS) is 10.8. The third-order valence-corrected chi connectivity index (χ3v) is 5.72. The Bertz CT molecular complexity index is 1410. The molecule has 4 aromatic carbocycles. The fourth-order valence-corrected chi connectivity index (χ4v) is 3.75. The zero-order valence-electron chi connectivity index (χ0n) is 18.4. The summed E-state index contributed by atoms with van der Waals surface area (Å²) in [5.41, 5.74) is 3.99. The Balaban J connectivity index is 1.26. The molecule has 0 radical (unpaired) electrons. The minimum atomic E-state index is -0.475. The zero-order valence-corrected chi connectivity index (χ0v) is 20.0. The molecule has 0 atom stereocenters. The van der Waals surface area contributed by atoms with E-state index in [2.05, 4.69) is 31.8 Å². The summed E-state index contributed by atoms with van der Waals surface area (Å²) in [6.45, 7) is -0.219. The van der Waals surface area contributed by atoms with E-state index in [1.807, 2.05) is 36.4 Å². The lowest BCUT2D eigenvalue weighted by atomic mass is 10.0. The van der Waals surface area contributed by atoms with E-state index < -0.39 is 11.9 Å². The summed E-state index contributed by atoms with van der Waals surface area (Å²) < 4.78 is 6.02. The van der Waals surface area contributed by atoms with Crippen LogP contribution in [0.1, 0.15) is 26.3 Å². The van der Waals surface area contributed by atoms with Gasteiger partial charge in [-0.3, -0.25) is 9.59 Å². The van der Waals surface area contributed by atoms with Gasteiger partial charge in [-0.15, -0.1) is 0 Å². The van der Waals surface area contributed by atoms with Crippen molar-refractivity contribution < 1.29 is 19.1 Å². The lowest BCUT2D eigenvalue weighted by Gasteiger charge is -2.07. The van der Waals surface area contributed by atoms with Crippen molar-refractivity contribution in [3.05, 3.63) is 112 Å². The third kappa shape index (κ3) is 6.18. The highest BCUT2D eigenvalue weighted by atomic mass is 79.9. The van der Waals surface area contributed by atoms with Gasteiger partial charge in [0.1, 0.15) is 5.75 Å². The number of esters is 1. The van der Waals surface area contributed by atoms with Crippen LogP contribution in [0.2, 0.25) is 0 Å². The first kappa shape index (κ1) is 23.8. The van der Waals surface area contributed by atoms with E-state index >= 15 is 0 Å². The van der Waals surface area contributed by atoms with Crippen LogP contribution in [0.5, 0.6) is 5.75 Å². The number of hydrazone groups is 1. The molecule has 0 saturated carbocycles. The van der Waals surface area contributed by atoms with Crippen LogP contribution >= 0.6 is 15.9 Å². The van der Waals surface area contributed by atoms with Crippen molar-refractivity contribution in [3.8, 4) is 5.75 Å². The molecule has 0 aliphatic heterocycles. The number of hydrogen-bond acceptors (Lipinski definition) is 5. The molecule has 4 aromatic rings. The van der Waals surface area contributed by atoms with Crippen LogP contribution in [0.25, 0.3) is 10.8 Å². The van der Waals surface area contributed by atoms with Crippen LogP contribution in [0, 0.1) is 0 Å². The molecule has 2 N–H and O–H groups in total. The van der Waals surface area contributed by atoms with Crippen molar-refractivity contribution in [2.24, 2.45) is 5.10 Å². The molecule has 35 heavy (non-hydrogen) atoms. The highest BCUT2D eigenvalue weighted by Gasteiger charge is 2.12. The fourth-order valence-electron chi connectivity index (χ4n) is 3.31. The van der Waals surface area contributed by atoms with Gasteiger partial charge in [-0.2, -0.15) is 5.10 Å². The molecule has 2 amide bonds. The van der Waals surface area contributed by atoms with Gasteiger partial charge in [-0.25, -0.2) is 10.2 Å². The van der Waals surface area contributed by atoms with Crippen molar-refractivity contribution in [2.75, 3.05) is 6.54 Å².